The van der Waals surface area contributed by atoms with Crippen molar-refractivity contribution in [2.24, 2.45) is 0 Å². The Morgan fingerprint density at radius 3 is 1.14 bits per heavy atom. The van der Waals surface area contributed by atoms with E-state index in [1.807, 2.05) is 0 Å². The standard InChI is InChI=1S/C12H8F2S.C6H5F/c13-9-1-5-11(6-2-9)15-12-7-3-10(14)4-8-12;7-6-4-2-1-3-5-6/h1-8H;1-5H/p+1. The molecule has 0 fully saturated rings. The van der Waals surface area contributed by atoms with E-state index < -0.39 is 0 Å². The fourth-order valence-electron chi connectivity index (χ4n) is 1.59. The van der Waals surface area contributed by atoms with Crippen LogP contribution in [0.25, 0.3) is 0 Å². The Bertz CT molecular complexity index is 636. The second kappa shape index (κ2) is 8.29. The van der Waals surface area contributed by atoms with Crippen LogP contribution in [0.1, 0.15) is 0 Å². The van der Waals surface area contributed by atoms with Crippen LogP contribution in [0.4, 0.5) is 13.2 Å². The summed E-state index contributed by atoms with van der Waals surface area (Å²) in [6, 6.07) is 20.5. The van der Waals surface area contributed by atoms with Gasteiger partial charge >= 0.3 is 0 Å². The lowest BCUT2D eigenvalue weighted by atomic mass is 10.3. The Morgan fingerprint density at radius 2 is 0.818 bits per heavy atom. The van der Waals surface area contributed by atoms with Crippen LogP contribution in [0.5, 0.6) is 0 Å². The normalized spacial score (nSPS) is 9.77. The molecule has 0 atom stereocenters. The maximum absolute atomic E-state index is 12.6. The predicted molar refractivity (Wildman–Crippen MR) is 84.5 cm³/mol. The minimum absolute atomic E-state index is 0.178. The number of hydrogen-bond acceptors (Lipinski definition) is 0. The van der Waals surface area contributed by atoms with Crippen LogP contribution in [-0.2, 0) is 11.8 Å². The van der Waals surface area contributed by atoms with E-state index in [2.05, 4.69) is 0 Å². The highest BCUT2D eigenvalue weighted by atomic mass is 32.2. The molecule has 0 nitrogen and oxygen atoms in total. The van der Waals surface area contributed by atoms with Gasteiger partial charge in [0.15, 0.2) is 9.79 Å². The SMILES string of the molecule is Fc1ccc([SH+]c2ccc(F)cc2)cc1.Fc1ccccc1. The van der Waals surface area contributed by atoms with Crippen molar-refractivity contribution in [1.82, 2.24) is 0 Å². The van der Waals surface area contributed by atoms with Crippen molar-refractivity contribution >= 4 is 11.8 Å². The third kappa shape index (κ3) is 5.66. The molecule has 3 aromatic carbocycles. The van der Waals surface area contributed by atoms with Crippen LogP contribution < -0.4 is 0 Å². The highest BCUT2D eigenvalue weighted by Crippen LogP contribution is 2.13. The maximum Gasteiger partial charge on any atom is 0.158 e. The summed E-state index contributed by atoms with van der Waals surface area (Å²) in [6.07, 6.45) is 0. The lowest BCUT2D eigenvalue weighted by molar-refractivity contribution is 0.626. The first-order valence-electron chi connectivity index (χ1n) is 6.57. The molecular weight excluding hydrogens is 305 g/mol. The van der Waals surface area contributed by atoms with E-state index in [0.29, 0.717) is 0 Å². The van der Waals surface area contributed by atoms with Crippen LogP contribution in [0.15, 0.2) is 88.7 Å². The summed E-state index contributed by atoms with van der Waals surface area (Å²) in [5, 5.41) is 0. The quantitative estimate of drug-likeness (QED) is 0.459. The molecule has 0 radical (unpaired) electrons. The molecule has 22 heavy (non-hydrogen) atoms. The molecule has 0 aliphatic rings. The molecule has 0 heterocycles. The first kappa shape index (κ1) is 16.2. The first-order chi connectivity index (χ1) is 10.6. The number of thiol groups is 1. The van der Waals surface area contributed by atoms with Crippen molar-refractivity contribution in [3.8, 4) is 0 Å². The lowest BCUT2D eigenvalue weighted by Crippen LogP contribution is -1.85. The molecule has 0 unspecified atom stereocenters. The number of hydrogen-bond donors (Lipinski definition) is 0. The summed E-state index contributed by atoms with van der Waals surface area (Å²) in [5.41, 5.74) is 0. The van der Waals surface area contributed by atoms with Gasteiger partial charge in [-0.15, -0.1) is 0 Å². The molecule has 0 aromatic heterocycles. The maximum atomic E-state index is 12.6. The van der Waals surface area contributed by atoms with E-state index in [1.54, 1.807) is 42.5 Å². The van der Waals surface area contributed by atoms with Crippen LogP contribution in [0, 0.1) is 17.5 Å². The van der Waals surface area contributed by atoms with Gasteiger partial charge in [-0.25, -0.2) is 13.2 Å². The van der Waals surface area contributed by atoms with Crippen molar-refractivity contribution in [2.45, 2.75) is 9.79 Å². The zero-order chi connectivity index (χ0) is 15.8. The molecule has 0 saturated carbocycles. The van der Waals surface area contributed by atoms with Gasteiger partial charge in [-0.05, 0) is 60.7 Å². The molecule has 0 aliphatic carbocycles. The molecule has 0 bridgehead atoms. The van der Waals surface area contributed by atoms with Crippen molar-refractivity contribution in [1.29, 1.82) is 0 Å². The van der Waals surface area contributed by atoms with Crippen molar-refractivity contribution in [3.63, 3.8) is 0 Å². The van der Waals surface area contributed by atoms with Gasteiger partial charge in [0.1, 0.15) is 17.5 Å². The van der Waals surface area contributed by atoms with E-state index in [9.17, 15) is 13.2 Å². The van der Waals surface area contributed by atoms with Crippen molar-refractivity contribution in [2.75, 3.05) is 0 Å². The monoisotopic (exact) mass is 319 g/mol. The van der Waals surface area contributed by atoms with Crippen LogP contribution in [0.2, 0.25) is 0 Å². The number of halogens is 3. The van der Waals surface area contributed by atoms with E-state index in [0.717, 1.165) is 21.6 Å². The predicted octanol–water partition coefficient (Wildman–Crippen LogP) is 5.02. The smallest absolute Gasteiger partial charge is 0.158 e. The van der Waals surface area contributed by atoms with Gasteiger partial charge in [0.2, 0.25) is 0 Å². The molecule has 0 N–H and O–H groups in total. The Morgan fingerprint density at radius 1 is 0.455 bits per heavy atom. The third-order valence-electron chi connectivity index (χ3n) is 2.64. The fourth-order valence-corrected chi connectivity index (χ4v) is 2.49. The molecular formula is C18H14F3S+. The third-order valence-corrected chi connectivity index (χ3v) is 3.76. The molecule has 0 aliphatic heterocycles. The van der Waals surface area contributed by atoms with Crippen LogP contribution in [0.3, 0.4) is 0 Å². The highest BCUT2D eigenvalue weighted by Gasteiger charge is 2.06. The minimum atomic E-state index is -0.243. The Labute approximate surface area is 131 Å². The van der Waals surface area contributed by atoms with E-state index in [-0.39, 0.29) is 17.5 Å². The zero-order valence-corrected chi connectivity index (χ0v) is 12.5. The summed E-state index contributed by atoms with van der Waals surface area (Å²) in [7, 11) is 0. The number of rotatable bonds is 2. The first-order valence-corrected chi connectivity index (χ1v) is 7.46. The van der Waals surface area contributed by atoms with Crippen molar-refractivity contribution < 1.29 is 13.2 Å². The molecule has 3 aromatic rings. The van der Waals surface area contributed by atoms with Gasteiger partial charge < -0.3 is 0 Å². The van der Waals surface area contributed by atoms with Gasteiger partial charge in [0.05, 0.1) is 0 Å². The topological polar surface area (TPSA) is 0 Å². The Balaban J connectivity index is 0.000000211. The molecule has 4 heteroatoms. The highest BCUT2D eigenvalue weighted by molar-refractivity contribution is 7.78. The van der Waals surface area contributed by atoms with Crippen LogP contribution >= 0.6 is 0 Å². The van der Waals surface area contributed by atoms with Gasteiger partial charge in [0, 0.05) is 11.8 Å². The Kier molecular flexibility index (Phi) is 6.10. The largest absolute Gasteiger partial charge is 0.207 e. The molecule has 112 valence electrons. The minimum Gasteiger partial charge on any atom is -0.207 e. The molecule has 3 rings (SSSR count). The summed E-state index contributed by atoms with van der Waals surface area (Å²) in [5.74, 6) is -0.663. The van der Waals surface area contributed by atoms with Gasteiger partial charge in [0.25, 0.3) is 0 Å². The second-order valence-corrected chi connectivity index (χ2v) is 5.62. The lowest BCUT2D eigenvalue weighted by Gasteiger charge is -1.92. The van der Waals surface area contributed by atoms with Crippen LogP contribution in [-0.4, -0.2) is 0 Å². The molecule has 0 amide bonds. The van der Waals surface area contributed by atoms with Gasteiger partial charge in [-0.3, -0.25) is 0 Å². The van der Waals surface area contributed by atoms with Crippen molar-refractivity contribution in [3.05, 3.63) is 96.3 Å². The number of benzene rings is 3. The summed E-state index contributed by atoms with van der Waals surface area (Å²) >= 11 is 0.954. The average molecular weight is 319 g/mol. The summed E-state index contributed by atoms with van der Waals surface area (Å²) in [6.45, 7) is 0. The summed E-state index contributed by atoms with van der Waals surface area (Å²) < 4.78 is 37.2. The fraction of sp³-hybridized carbons (Fsp3) is 0. The second-order valence-electron chi connectivity index (χ2n) is 4.36. The van der Waals surface area contributed by atoms with Gasteiger partial charge in [-0.2, -0.15) is 0 Å². The summed E-state index contributed by atoms with van der Waals surface area (Å²) in [4.78, 5) is 1.98. The van der Waals surface area contributed by atoms with Gasteiger partial charge in [-0.1, -0.05) is 18.2 Å². The van der Waals surface area contributed by atoms with E-state index in [4.69, 9.17) is 0 Å². The molecule has 0 spiro atoms. The Hall–Kier alpha value is -2.20. The zero-order valence-electron chi connectivity index (χ0n) is 11.6. The average Bonchev–Trinajstić information content (AvgIpc) is 2.53. The molecule has 0 saturated heterocycles. The van der Waals surface area contributed by atoms with E-state index >= 15 is 0 Å². The van der Waals surface area contributed by atoms with E-state index in [1.165, 1.54) is 36.4 Å².